The van der Waals surface area contributed by atoms with E-state index >= 15 is 0 Å². The lowest BCUT2D eigenvalue weighted by molar-refractivity contribution is -0.138. The standard InChI is InChI=1S/C19H23F3N2O3S/c1-27-11-16(25)23-7-5-13(6-8-23)10-24-17(26)12-28-18(24)14-3-2-4-15(9-14)19(20,21)22/h2-4,9,13,18H,5-8,10-12H2,1H3/t18-/m0/s1. The Labute approximate surface area is 166 Å². The first kappa shape index (κ1) is 21.0. The third-order valence-electron chi connectivity index (χ3n) is 5.16. The van der Waals surface area contributed by atoms with Gasteiger partial charge in [-0.1, -0.05) is 12.1 Å². The van der Waals surface area contributed by atoms with Crippen LogP contribution < -0.4 is 0 Å². The first-order valence-corrected chi connectivity index (χ1v) is 10.2. The lowest BCUT2D eigenvalue weighted by Gasteiger charge is -2.35. The Bertz CT molecular complexity index is 721. The van der Waals surface area contributed by atoms with E-state index in [-0.39, 0.29) is 30.1 Å². The predicted octanol–water partition coefficient (Wildman–Crippen LogP) is 3.16. The van der Waals surface area contributed by atoms with Gasteiger partial charge in [0.05, 0.1) is 11.3 Å². The number of benzene rings is 1. The van der Waals surface area contributed by atoms with Crippen LogP contribution in [0.5, 0.6) is 0 Å². The minimum Gasteiger partial charge on any atom is -0.375 e. The van der Waals surface area contributed by atoms with Crippen LogP contribution in [0, 0.1) is 5.92 Å². The molecule has 154 valence electrons. The average Bonchev–Trinajstić information content (AvgIpc) is 3.02. The number of likely N-dealkylation sites (tertiary alicyclic amines) is 1. The van der Waals surface area contributed by atoms with Crippen LogP contribution in [0.2, 0.25) is 0 Å². The fraction of sp³-hybridized carbons (Fsp3) is 0.579. The van der Waals surface area contributed by atoms with E-state index in [2.05, 4.69) is 0 Å². The van der Waals surface area contributed by atoms with Crippen molar-refractivity contribution in [2.24, 2.45) is 5.92 Å². The number of carbonyl (C=O) groups is 2. The molecule has 0 unspecified atom stereocenters. The SMILES string of the molecule is COCC(=O)N1CCC(CN2C(=O)CS[C@H]2c2cccc(C(F)(F)F)c2)CC1. The second-order valence-corrected chi connectivity index (χ2v) is 8.16. The molecular weight excluding hydrogens is 393 g/mol. The second kappa shape index (κ2) is 8.73. The Morgan fingerprint density at radius 3 is 2.64 bits per heavy atom. The number of ether oxygens (including phenoxy) is 1. The summed E-state index contributed by atoms with van der Waals surface area (Å²) in [6.45, 7) is 1.77. The molecule has 2 aliphatic heterocycles. The van der Waals surface area contributed by atoms with E-state index in [1.54, 1.807) is 15.9 Å². The highest BCUT2D eigenvalue weighted by Gasteiger charge is 2.37. The zero-order chi connectivity index (χ0) is 20.3. The molecule has 0 spiro atoms. The molecule has 1 aromatic rings. The van der Waals surface area contributed by atoms with Gasteiger partial charge in [-0.05, 0) is 36.5 Å². The molecular formula is C19H23F3N2O3S. The second-order valence-electron chi connectivity index (χ2n) is 7.09. The van der Waals surface area contributed by atoms with Gasteiger partial charge in [0.25, 0.3) is 0 Å². The Balaban J connectivity index is 1.65. The molecule has 1 aromatic carbocycles. The quantitative estimate of drug-likeness (QED) is 0.740. The maximum absolute atomic E-state index is 13.0. The highest BCUT2D eigenvalue weighted by Crippen LogP contribution is 2.41. The van der Waals surface area contributed by atoms with Crippen LogP contribution in [0.3, 0.4) is 0 Å². The van der Waals surface area contributed by atoms with Gasteiger partial charge < -0.3 is 14.5 Å². The molecule has 9 heteroatoms. The molecule has 0 saturated carbocycles. The fourth-order valence-corrected chi connectivity index (χ4v) is 4.84. The van der Waals surface area contributed by atoms with Crippen LogP contribution in [0.25, 0.3) is 0 Å². The number of thioether (sulfide) groups is 1. The summed E-state index contributed by atoms with van der Waals surface area (Å²) in [6, 6.07) is 5.21. The van der Waals surface area contributed by atoms with Crippen LogP contribution in [-0.4, -0.2) is 60.7 Å². The number of hydrogen-bond acceptors (Lipinski definition) is 4. The molecule has 0 bridgehead atoms. The largest absolute Gasteiger partial charge is 0.416 e. The topological polar surface area (TPSA) is 49.9 Å². The van der Waals surface area contributed by atoms with Gasteiger partial charge >= 0.3 is 6.18 Å². The maximum Gasteiger partial charge on any atom is 0.416 e. The third-order valence-corrected chi connectivity index (χ3v) is 6.41. The highest BCUT2D eigenvalue weighted by atomic mass is 32.2. The molecule has 0 aliphatic carbocycles. The summed E-state index contributed by atoms with van der Waals surface area (Å²) in [7, 11) is 1.48. The Hall–Kier alpha value is -1.74. The number of piperidine rings is 1. The molecule has 2 heterocycles. The summed E-state index contributed by atoms with van der Waals surface area (Å²) in [5.74, 6) is 0.398. The van der Waals surface area contributed by atoms with E-state index in [9.17, 15) is 22.8 Å². The summed E-state index contributed by atoms with van der Waals surface area (Å²) in [4.78, 5) is 27.7. The van der Waals surface area contributed by atoms with E-state index in [0.717, 1.165) is 25.0 Å². The normalized spacial score (nSPS) is 21.4. The summed E-state index contributed by atoms with van der Waals surface area (Å²) in [5.41, 5.74) is -0.201. The number of alkyl halides is 3. The van der Waals surface area contributed by atoms with Gasteiger partial charge in [-0.15, -0.1) is 11.8 Å². The third kappa shape index (κ3) is 4.81. The van der Waals surface area contributed by atoms with Crippen molar-refractivity contribution in [2.75, 3.05) is 39.1 Å². The van der Waals surface area contributed by atoms with E-state index in [4.69, 9.17) is 4.74 Å². The molecule has 2 fully saturated rings. The summed E-state index contributed by atoms with van der Waals surface area (Å²) in [6.07, 6.45) is -2.88. The predicted molar refractivity (Wildman–Crippen MR) is 99.5 cm³/mol. The van der Waals surface area contributed by atoms with E-state index in [1.807, 2.05) is 0 Å². The van der Waals surface area contributed by atoms with Gasteiger partial charge in [0.2, 0.25) is 11.8 Å². The average molecular weight is 416 g/mol. The molecule has 0 N–H and O–H groups in total. The smallest absolute Gasteiger partial charge is 0.375 e. The molecule has 2 saturated heterocycles. The minimum absolute atomic E-state index is 0.0457. The number of methoxy groups -OCH3 is 1. The minimum atomic E-state index is -4.41. The number of rotatable bonds is 5. The zero-order valence-corrected chi connectivity index (χ0v) is 16.4. The Morgan fingerprint density at radius 2 is 2.00 bits per heavy atom. The summed E-state index contributed by atoms with van der Waals surface area (Å²) < 4.78 is 44.0. The molecule has 3 rings (SSSR count). The van der Waals surface area contributed by atoms with Gasteiger partial charge in [-0.3, -0.25) is 9.59 Å². The van der Waals surface area contributed by atoms with Crippen molar-refractivity contribution in [1.82, 2.24) is 9.80 Å². The van der Waals surface area contributed by atoms with Crippen molar-refractivity contribution in [3.05, 3.63) is 35.4 Å². The first-order valence-electron chi connectivity index (χ1n) is 9.14. The van der Waals surface area contributed by atoms with Crippen LogP contribution in [-0.2, 0) is 20.5 Å². The number of halogens is 3. The van der Waals surface area contributed by atoms with Gasteiger partial charge in [-0.25, -0.2) is 0 Å². The van der Waals surface area contributed by atoms with Crippen LogP contribution >= 0.6 is 11.8 Å². The number of nitrogens with zero attached hydrogens (tertiary/aromatic N) is 2. The van der Waals surface area contributed by atoms with E-state index in [0.29, 0.717) is 25.2 Å². The number of amides is 2. The summed E-state index contributed by atoms with van der Waals surface area (Å²) >= 11 is 1.36. The molecule has 28 heavy (non-hydrogen) atoms. The van der Waals surface area contributed by atoms with Crippen LogP contribution in [0.1, 0.15) is 29.3 Å². The fourth-order valence-electron chi connectivity index (χ4n) is 3.65. The Morgan fingerprint density at radius 1 is 1.29 bits per heavy atom. The van der Waals surface area contributed by atoms with Crippen molar-refractivity contribution < 1.29 is 27.5 Å². The summed E-state index contributed by atoms with van der Waals surface area (Å²) in [5, 5.41) is -0.400. The van der Waals surface area contributed by atoms with Crippen molar-refractivity contribution >= 4 is 23.6 Å². The molecule has 1 atom stereocenters. The molecule has 2 amide bonds. The van der Waals surface area contributed by atoms with Crippen molar-refractivity contribution in [3.63, 3.8) is 0 Å². The van der Waals surface area contributed by atoms with Gasteiger partial charge in [0, 0.05) is 26.7 Å². The maximum atomic E-state index is 13.0. The Kier molecular flexibility index (Phi) is 6.54. The van der Waals surface area contributed by atoms with Crippen molar-refractivity contribution in [1.29, 1.82) is 0 Å². The van der Waals surface area contributed by atoms with Gasteiger partial charge in [0.1, 0.15) is 12.0 Å². The highest BCUT2D eigenvalue weighted by molar-refractivity contribution is 8.00. The van der Waals surface area contributed by atoms with Gasteiger partial charge in [-0.2, -0.15) is 13.2 Å². The van der Waals surface area contributed by atoms with Crippen LogP contribution in [0.4, 0.5) is 13.2 Å². The van der Waals surface area contributed by atoms with Crippen molar-refractivity contribution in [2.45, 2.75) is 24.4 Å². The number of carbonyl (C=O) groups excluding carboxylic acids is 2. The lowest BCUT2D eigenvalue weighted by atomic mass is 9.95. The van der Waals surface area contributed by atoms with Crippen molar-refractivity contribution in [3.8, 4) is 0 Å². The lowest BCUT2D eigenvalue weighted by Crippen LogP contribution is -2.43. The zero-order valence-electron chi connectivity index (χ0n) is 15.6. The number of hydrogen-bond donors (Lipinski definition) is 0. The van der Waals surface area contributed by atoms with E-state index in [1.165, 1.54) is 24.9 Å². The molecule has 0 radical (unpaired) electrons. The molecule has 2 aliphatic rings. The van der Waals surface area contributed by atoms with Gasteiger partial charge in [0.15, 0.2) is 0 Å². The van der Waals surface area contributed by atoms with E-state index < -0.39 is 17.1 Å². The monoisotopic (exact) mass is 416 g/mol. The van der Waals surface area contributed by atoms with Crippen LogP contribution in [0.15, 0.2) is 24.3 Å². The molecule has 5 nitrogen and oxygen atoms in total. The molecule has 0 aromatic heterocycles. The first-order chi connectivity index (χ1) is 13.3.